The number of aromatic nitrogens is 1. The number of aryl methyl sites for hydroxylation is 1. The van der Waals surface area contributed by atoms with Crippen LogP contribution in [-0.4, -0.2) is 21.3 Å². The second-order valence-corrected chi connectivity index (χ2v) is 7.43. The first-order chi connectivity index (χ1) is 15.0. The summed E-state index contributed by atoms with van der Waals surface area (Å²) >= 11 is 0.975. The molecule has 0 unspecified atom stereocenters. The van der Waals surface area contributed by atoms with Crippen LogP contribution in [0, 0.1) is 6.92 Å². The Labute approximate surface area is 181 Å². The van der Waals surface area contributed by atoms with E-state index in [9.17, 15) is 14.7 Å². The zero-order valence-electron chi connectivity index (χ0n) is 16.4. The van der Waals surface area contributed by atoms with Crippen LogP contribution >= 0.6 is 11.5 Å². The van der Waals surface area contributed by atoms with Gasteiger partial charge in [-0.3, -0.25) is 9.59 Å². The molecule has 31 heavy (non-hydrogen) atoms. The highest BCUT2D eigenvalue weighted by Crippen LogP contribution is 2.40. The van der Waals surface area contributed by atoms with Crippen LogP contribution in [0.2, 0.25) is 0 Å². The van der Waals surface area contributed by atoms with E-state index in [1.807, 2.05) is 12.1 Å². The Morgan fingerprint density at radius 3 is 2.52 bits per heavy atom. The van der Waals surface area contributed by atoms with Gasteiger partial charge in [0.05, 0.1) is 11.3 Å². The number of nitrogens with two attached hydrogens (primary N) is 1. The molecule has 0 saturated heterocycles. The molecule has 154 valence electrons. The molecule has 0 bridgehead atoms. The first kappa shape index (κ1) is 20.2. The van der Waals surface area contributed by atoms with Crippen molar-refractivity contribution in [1.82, 2.24) is 4.37 Å². The fourth-order valence-electron chi connectivity index (χ4n) is 3.12. The first-order valence-corrected chi connectivity index (χ1v) is 10.0. The lowest BCUT2D eigenvalue weighted by molar-refractivity contribution is 0.0997. The van der Waals surface area contributed by atoms with Gasteiger partial charge in [-0.15, -0.1) is 10.2 Å². The van der Waals surface area contributed by atoms with E-state index in [1.165, 1.54) is 0 Å². The lowest BCUT2D eigenvalue weighted by Crippen LogP contribution is -2.12. The smallest absolute Gasteiger partial charge is 0.259 e. The topological polar surface area (TPSA) is 130 Å². The second-order valence-electron chi connectivity index (χ2n) is 6.68. The number of anilines is 1. The van der Waals surface area contributed by atoms with Crippen LogP contribution < -0.4 is 11.1 Å². The van der Waals surface area contributed by atoms with Crippen LogP contribution in [0.25, 0.3) is 10.8 Å². The number of benzene rings is 3. The number of hydrogen-bond acceptors (Lipinski definition) is 7. The largest absolute Gasteiger partial charge is 0.505 e. The highest BCUT2D eigenvalue weighted by Gasteiger charge is 2.20. The normalized spacial score (nSPS) is 11.1. The molecular formula is C22H17N5O3S. The van der Waals surface area contributed by atoms with Gasteiger partial charge in [-0.25, -0.2) is 0 Å². The molecule has 1 heterocycles. The number of aromatic hydroxyl groups is 1. The van der Waals surface area contributed by atoms with E-state index in [-0.39, 0.29) is 27.6 Å². The number of hydrogen-bond donors (Lipinski definition) is 3. The van der Waals surface area contributed by atoms with Crippen molar-refractivity contribution in [2.45, 2.75) is 6.92 Å². The molecule has 0 spiro atoms. The Morgan fingerprint density at radius 1 is 1.06 bits per heavy atom. The molecule has 1 aromatic heterocycles. The summed E-state index contributed by atoms with van der Waals surface area (Å²) in [6, 6.07) is 17.7. The standard InChI is InChI=1S/C22H17N5O3S/c1-12-17(20(23)29)22(31-27-12)26-25-18-15-10-6-5-7-13(15)11-16(19(18)28)21(30)24-14-8-3-2-4-9-14/h2-11,28H,1H3,(H2,23,29)(H,24,30). The number of nitrogens with one attached hydrogen (secondary N) is 1. The maximum Gasteiger partial charge on any atom is 0.259 e. The summed E-state index contributed by atoms with van der Waals surface area (Å²) in [6.45, 7) is 1.65. The van der Waals surface area contributed by atoms with Crippen molar-refractivity contribution in [2.24, 2.45) is 16.0 Å². The van der Waals surface area contributed by atoms with Crippen molar-refractivity contribution < 1.29 is 14.7 Å². The third-order valence-electron chi connectivity index (χ3n) is 4.60. The molecule has 8 nitrogen and oxygen atoms in total. The van der Waals surface area contributed by atoms with Gasteiger partial charge in [-0.1, -0.05) is 42.5 Å². The maximum absolute atomic E-state index is 12.8. The highest BCUT2D eigenvalue weighted by atomic mass is 32.1. The average Bonchev–Trinajstić information content (AvgIpc) is 3.14. The quantitative estimate of drug-likeness (QED) is 0.380. The molecule has 0 atom stereocenters. The van der Waals surface area contributed by atoms with Crippen LogP contribution in [0.4, 0.5) is 16.4 Å². The number of carbonyl (C=O) groups is 2. The highest BCUT2D eigenvalue weighted by molar-refractivity contribution is 7.10. The van der Waals surface area contributed by atoms with Gasteiger partial charge < -0.3 is 16.2 Å². The van der Waals surface area contributed by atoms with E-state index in [1.54, 1.807) is 55.5 Å². The molecule has 0 saturated carbocycles. The number of carbonyl (C=O) groups excluding carboxylic acids is 2. The molecule has 0 aliphatic carbocycles. The number of nitrogens with zero attached hydrogens (tertiary/aromatic N) is 3. The zero-order valence-corrected chi connectivity index (χ0v) is 17.2. The third-order valence-corrected chi connectivity index (χ3v) is 5.43. The summed E-state index contributed by atoms with van der Waals surface area (Å²) in [5.41, 5.74) is 6.79. The summed E-state index contributed by atoms with van der Waals surface area (Å²) in [5.74, 6) is -1.47. The zero-order chi connectivity index (χ0) is 22.0. The van der Waals surface area contributed by atoms with E-state index in [0.717, 1.165) is 11.5 Å². The summed E-state index contributed by atoms with van der Waals surface area (Å²) in [7, 11) is 0. The molecule has 0 aliphatic rings. The first-order valence-electron chi connectivity index (χ1n) is 9.24. The SMILES string of the molecule is Cc1nsc(N=Nc2c(O)c(C(=O)Nc3ccccc3)cc3ccccc23)c1C(N)=O. The monoisotopic (exact) mass is 431 g/mol. The van der Waals surface area contributed by atoms with Crippen LogP contribution in [-0.2, 0) is 0 Å². The fraction of sp³-hybridized carbons (Fsp3) is 0.0455. The van der Waals surface area contributed by atoms with Gasteiger partial charge in [-0.2, -0.15) is 4.37 Å². The Kier molecular flexibility index (Phi) is 5.42. The summed E-state index contributed by atoms with van der Waals surface area (Å²) < 4.78 is 4.09. The van der Waals surface area contributed by atoms with Crippen molar-refractivity contribution in [3.8, 4) is 5.75 Å². The van der Waals surface area contributed by atoms with Gasteiger partial charge in [0.25, 0.3) is 11.8 Å². The predicted octanol–water partition coefficient (Wildman–Crippen LogP) is 5.08. The number of phenols is 1. The van der Waals surface area contributed by atoms with Crippen molar-refractivity contribution in [3.63, 3.8) is 0 Å². The molecule has 4 rings (SSSR count). The van der Waals surface area contributed by atoms with Crippen LogP contribution in [0.5, 0.6) is 5.75 Å². The summed E-state index contributed by atoms with van der Waals surface area (Å²) in [6.07, 6.45) is 0. The van der Waals surface area contributed by atoms with E-state index in [2.05, 4.69) is 19.9 Å². The minimum Gasteiger partial charge on any atom is -0.505 e. The molecule has 3 aromatic carbocycles. The Morgan fingerprint density at radius 2 is 1.77 bits per heavy atom. The van der Waals surface area contributed by atoms with Crippen LogP contribution in [0.15, 0.2) is 70.9 Å². The maximum atomic E-state index is 12.8. The van der Waals surface area contributed by atoms with Crippen LogP contribution in [0.1, 0.15) is 26.4 Å². The van der Waals surface area contributed by atoms with Crippen LogP contribution in [0.3, 0.4) is 0 Å². The van der Waals surface area contributed by atoms with Gasteiger partial charge in [0.1, 0.15) is 11.3 Å². The molecule has 9 heteroatoms. The summed E-state index contributed by atoms with van der Waals surface area (Å²) in [5, 5.41) is 23.4. The van der Waals surface area contributed by atoms with Gasteiger partial charge in [0.2, 0.25) is 0 Å². The van der Waals surface area contributed by atoms with E-state index in [4.69, 9.17) is 5.73 Å². The second kappa shape index (κ2) is 8.33. The van der Waals surface area contributed by atoms with Gasteiger partial charge in [0, 0.05) is 11.1 Å². The van der Waals surface area contributed by atoms with Crippen molar-refractivity contribution in [2.75, 3.05) is 5.32 Å². The lowest BCUT2D eigenvalue weighted by atomic mass is 10.0. The number of phenolic OH excluding ortho intramolecular Hbond substituents is 1. The van der Waals surface area contributed by atoms with Gasteiger partial charge >= 0.3 is 0 Å². The molecular weight excluding hydrogens is 414 g/mol. The van der Waals surface area contributed by atoms with Gasteiger partial charge in [-0.05, 0) is 42.0 Å². The van der Waals surface area contributed by atoms with Crippen molar-refractivity contribution in [3.05, 3.63) is 77.5 Å². The van der Waals surface area contributed by atoms with E-state index < -0.39 is 11.8 Å². The number of primary amides is 1. The Bertz CT molecular complexity index is 1330. The summed E-state index contributed by atoms with van der Waals surface area (Å²) in [4.78, 5) is 24.5. The van der Waals surface area contributed by atoms with E-state index >= 15 is 0 Å². The minimum atomic E-state index is -0.662. The molecule has 2 amide bonds. The predicted molar refractivity (Wildman–Crippen MR) is 120 cm³/mol. The minimum absolute atomic E-state index is 0.0483. The number of fused-ring (bicyclic) bond motifs is 1. The average molecular weight is 431 g/mol. The number of amides is 2. The van der Waals surface area contributed by atoms with Crippen molar-refractivity contribution in [1.29, 1.82) is 0 Å². The molecule has 0 fully saturated rings. The molecule has 0 aliphatic heterocycles. The molecule has 4 N–H and O–H groups in total. The lowest BCUT2D eigenvalue weighted by Gasteiger charge is -2.11. The molecule has 4 aromatic rings. The fourth-order valence-corrected chi connectivity index (χ4v) is 3.85. The van der Waals surface area contributed by atoms with Crippen molar-refractivity contribution >= 4 is 50.5 Å². The number of rotatable bonds is 5. The molecule has 0 radical (unpaired) electrons. The van der Waals surface area contributed by atoms with Gasteiger partial charge in [0.15, 0.2) is 10.8 Å². The third kappa shape index (κ3) is 3.99. The van der Waals surface area contributed by atoms with E-state index in [0.29, 0.717) is 22.2 Å². The Hall–Kier alpha value is -4.11. The number of azo groups is 1. The number of para-hydroxylation sites is 1. The Balaban J connectivity index is 1.80.